The van der Waals surface area contributed by atoms with Gasteiger partial charge in [0.15, 0.2) is 11.5 Å². The monoisotopic (exact) mass is 458 g/mol. The molecule has 9 heteroatoms. The van der Waals surface area contributed by atoms with Crippen molar-refractivity contribution in [1.82, 2.24) is 5.32 Å². The molecule has 0 atom stereocenters. The van der Waals surface area contributed by atoms with Gasteiger partial charge in [0.1, 0.15) is 4.90 Å². The summed E-state index contributed by atoms with van der Waals surface area (Å²) >= 11 is 6.14. The third-order valence-corrected chi connectivity index (χ3v) is 6.61. The van der Waals surface area contributed by atoms with Crippen LogP contribution < -0.4 is 19.5 Å². The molecule has 1 aliphatic heterocycles. The van der Waals surface area contributed by atoms with Crippen LogP contribution in [0.15, 0.2) is 65.6 Å². The van der Waals surface area contributed by atoms with Gasteiger partial charge in [-0.15, -0.1) is 0 Å². The fraction of sp³-hybridized carbons (Fsp3) is 0.136. The average Bonchev–Trinajstić information content (AvgIpc) is 3.21. The van der Waals surface area contributed by atoms with Gasteiger partial charge in [0.2, 0.25) is 6.79 Å². The number of sulfonamides is 1. The molecule has 0 spiro atoms. The number of aryl methyl sites for hydroxylation is 1. The molecule has 0 radical (unpaired) electrons. The molecule has 0 saturated carbocycles. The van der Waals surface area contributed by atoms with Gasteiger partial charge in [-0.05, 0) is 54.4 Å². The summed E-state index contributed by atoms with van der Waals surface area (Å²) < 4.78 is 38.9. The molecule has 0 aliphatic carbocycles. The van der Waals surface area contributed by atoms with E-state index in [-0.39, 0.29) is 28.8 Å². The maximum Gasteiger partial charge on any atom is 0.263 e. The smallest absolute Gasteiger partial charge is 0.263 e. The molecule has 4 rings (SSSR count). The number of benzene rings is 3. The fourth-order valence-corrected chi connectivity index (χ4v) is 4.73. The quantitative estimate of drug-likeness (QED) is 0.579. The summed E-state index contributed by atoms with van der Waals surface area (Å²) in [5.41, 5.74) is 2.20. The number of nitrogens with one attached hydrogen (secondary N) is 2. The lowest BCUT2D eigenvalue weighted by atomic mass is 10.1. The average molecular weight is 459 g/mol. The molecule has 0 fully saturated rings. The van der Waals surface area contributed by atoms with Crippen LogP contribution in [0.4, 0.5) is 5.69 Å². The van der Waals surface area contributed by atoms with E-state index < -0.39 is 15.9 Å². The molecule has 31 heavy (non-hydrogen) atoms. The number of rotatable bonds is 6. The Bertz CT molecular complexity index is 1260. The number of halogens is 1. The molecule has 1 aliphatic rings. The van der Waals surface area contributed by atoms with Crippen molar-refractivity contribution < 1.29 is 22.7 Å². The van der Waals surface area contributed by atoms with Gasteiger partial charge in [-0.3, -0.25) is 9.52 Å². The first kappa shape index (κ1) is 21.0. The number of anilines is 1. The molecule has 2 N–H and O–H groups in total. The van der Waals surface area contributed by atoms with Crippen molar-refractivity contribution in [2.75, 3.05) is 11.5 Å². The summed E-state index contributed by atoms with van der Waals surface area (Å²) in [5, 5.41) is 2.79. The van der Waals surface area contributed by atoms with Gasteiger partial charge in [0.05, 0.1) is 10.7 Å². The number of hydrogen-bond acceptors (Lipinski definition) is 5. The van der Waals surface area contributed by atoms with Crippen LogP contribution >= 0.6 is 11.6 Å². The Balaban J connectivity index is 1.51. The summed E-state index contributed by atoms with van der Waals surface area (Å²) in [6, 6.07) is 16.5. The Hall–Kier alpha value is -3.23. The molecular weight excluding hydrogens is 440 g/mol. The number of para-hydroxylation sites is 1. The minimum Gasteiger partial charge on any atom is -0.454 e. The highest BCUT2D eigenvalue weighted by Gasteiger charge is 2.21. The van der Waals surface area contributed by atoms with E-state index in [1.165, 1.54) is 18.2 Å². The normalized spacial score (nSPS) is 12.5. The van der Waals surface area contributed by atoms with Crippen molar-refractivity contribution in [2.24, 2.45) is 0 Å². The zero-order valence-electron chi connectivity index (χ0n) is 16.5. The van der Waals surface area contributed by atoms with Gasteiger partial charge in [-0.2, -0.15) is 0 Å². The lowest BCUT2D eigenvalue weighted by Gasteiger charge is -2.13. The zero-order chi connectivity index (χ0) is 22.0. The molecule has 3 aromatic carbocycles. The molecule has 7 nitrogen and oxygen atoms in total. The number of fused-ring (bicyclic) bond motifs is 1. The van der Waals surface area contributed by atoms with Crippen LogP contribution in [0.2, 0.25) is 5.02 Å². The number of hydrogen-bond donors (Lipinski definition) is 2. The van der Waals surface area contributed by atoms with Crippen LogP contribution in [0.3, 0.4) is 0 Å². The SMILES string of the molecule is Cc1ccccc1NS(=O)(=O)c1cc(C(=O)NCc2ccc3c(c2)OCO3)ccc1Cl. The van der Waals surface area contributed by atoms with Crippen molar-refractivity contribution in [3.05, 3.63) is 82.4 Å². The molecule has 0 bridgehead atoms. The summed E-state index contributed by atoms with van der Waals surface area (Å²) in [6.07, 6.45) is 0. The molecule has 0 aromatic heterocycles. The largest absolute Gasteiger partial charge is 0.454 e. The van der Waals surface area contributed by atoms with Crippen LogP contribution in [-0.4, -0.2) is 21.1 Å². The van der Waals surface area contributed by atoms with Crippen molar-refractivity contribution in [3.8, 4) is 11.5 Å². The molecule has 3 aromatic rings. The predicted octanol–water partition coefficient (Wildman–Crippen LogP) is 4.11. The summed E-state index contributed by atoms with van der Waals surface area (Å²) in [6.45, 7) is 2.20. The summed E-state index contributed by atoms with van der Waals surface area (Å²) in [7, 11) is -3.99. The van der Waals surface area contributed by atoms with Crippen molar-refractivity contribution in [2.45, 2.75) is 18.4 Å². The van der Waals surface area contributed by atoms with Crippen molar-refractivity contribution >= 4 is 33.2 Å². The maximum absolute atomic E-state index is 12.9. The highest BCUT2D eigenvalue weighted by molar-refractivity contribution is 7.92. The second-order valence-corrected chi connectivity index (χ2v) is 8.99. The molecular formula is C22H19ClN2O5S. The van der Waals surface area contributed by atoms with E-state index in [9.17, 15) is 13.2 Å². The van der Waals surface area contributed by atoms with Crippen LogP contribution in [-0.2, 0) is 16.6 Å². The van der Waals surface area contributed by atoms with Gasteiger partial charge in [0, 0.05) is 12.1 Å². The Morgan fingerprint density at radius 3 is 2.61 bits per heavy atom. The lowest BCUT2D eigenvalue weighted by Crippen LogP contribution is -2.23. The molecule has 0 saturated heterocycles. The second-order valence-electron chi connectivity index (χ2n) is 6.94. The highest BCUT2D eigenvalue weighted by Crippen LogP contribution is 2.32. The van der Waals surface area contributed by atoms with Crippen LogP contribution in [0.5, 0.6) is 11.5 Å². The van der Waals surface area contributed by atoms with Crippen LogP contribution in [0.25, 0.3) is 0 Å². The zero-order valence-corrected chi connectivity index (χ0v) is 18.1. The molecule has 0 unspecified atom stereocenters. The Morgan fingerprint density at radius 1 is 1.03 bits per heavy atom. The highest BCUT2D eigenvalue weighted by atomic mass is 35.5. The Morgan fingerprint density at radius 2 is 1.81 bits per heavy atom. The first-order chi connectivity index (χ1) is 14.8. The van der Waals surface area contributed by atoms with Gasteiger partial charge in [-0.25, -0.2) is 8.42 Å². The minimum atomic E-state index is -3.99. The summed E-state index contributed by atoms with van der Waals surface area (Å²) in [4.78, 5) is 12.5. The number of ether oxygens (including phenoxy) is 2. The van der Waals surface area contributed by atoms with Crippen molar-refractivity contribution in [1.29, 1.82) is 0 Å². The van der Waals surface area contributed by atoms with Crippen LogP contribution in [0.1, 0.15) is 21.5 Å². The van der Waals surface area contributed by atoms with E-state index >= 15 is 0 Å². The van der Waals surface area contributed by atoms with E-state index in [0.717, 1.165) is 11.1 Å². The third-order valence-electron chi connectivity index (χ3n) is 4.76. The molecule has 160 valence electrons. The third kappa shape index (κ3) is 4.60. The molecule has 1 heterocycles. The predicted molar refractivity (Wildman–Crippen MR) is 117 cm³/mol. The van der Waals surface area contributed by atoms with Gasteiger partial charge >= 0.3 is 0 Å². The van der Waals surface area contributed by atoms with E-state index in [1.54, 1.807) is 37.3 Å². The maximum atomic E-state index is 12.9. The fourth-order valence-electron chi connectivity index (χ4n) is 3.07. The van der Waals surface area contributed by atoms with Gasteiger partial charge < -0.3 is 14.8 Å². The van der Waals surface area contributed by atoms with E-state index in [2.05, 4.69) is 10.0 Å². The Kier molecular flexibility index (Phi) is 5.75. The number of amides is 1. The first-order valence-corrected chi connectivity index (χ1v) is 11.2. The Labute approximate surface area is 185 Å². The minimum absolute atomic E-state index is 0.0217. The first-order valence-electron chi connectivity index (χ1n) is 9.38. The topological polar surface area (TPSA) is 93.7 Å². The second kappa shape index (κ2) is 8.49. The van der Waals surface area contributed by atoms with Crippen molar-refractivity contribution in [3.63, 3.8) is 0 Å². The van der Waals surface area contributed by atoms with E-state index in [0.29, 0.717) is 17.2 Å². The van der Waals surface area contributed by atoms with Gasteiger partial charge in [-0.1, -0.05) is 35.9 Å². The molecule has 1 amide bonds. The van der Waals surface area contributed by atoms with Gasteiger partial charge in [0.25, 0.3) is 15.9 Å². The number of carbonyl (C=O) groups excluding carboxylic acids is 1. The van der Waals surface area contributed by atoms with E-state index in [4.69, 9.17) is 21.1 Å². The summed E-state index contributed by atoms with van der Waals surface area (Å²) in [5.74, 6) is 0.847. The standard InChI is InChI=1S/C22H19ClN2O5S/c1-14-4-2-3-5-18(14)25-31(27,28)21-11-16(7-8-17(21)23)22(26)24-12-15-6-9-19-20(10-15)30-13-29-19/h2-11,25H,12-13H2,1H3,(H,24,26). The van der Waals surface area contributed by atoms with Crippen LogP contribution in [0, 0.1) is 6.92 Å². The van der Waals surface area contributed by atoms with E-state index in [1.807, 2.05) is 12.1 Å². The lowest BCUT2D eigenvalue weighted by molar-refractivity contribution is 0.0950. The number of carbonyl (C=O) groups is 1.